The molecule has 4 heteroatoms. The van der Waals surface area contributed by atoms with E-state index in [2.05, 4.69) is 5.32 Å². The van der Waals surface area contributed by atoms with Crippen molar-refractivity contribution in [1.82, 2.24) is 9.88 Å². The number of benzene rings is 1. The van der Waals surface area contributed by atoms with Gasteiger partial charge in [0.05, 0.1) is 6.07 Å². The Morgan fingerprint density at radius 1 is 1.42 bits per heavy atom. The predicted molar refractivity (Wildman–Crippen MR) is 74.2 cm³/mol. The molecule has 0 aliphatic rings. The lowest BCUT2D eigenvalue weighted by atomic mass is 9.95. The standard InChI is InChI=1S/C15H17N3O/c1-15(2,10-16)14(19)17-8-11-9-18(3)13-7-5-4-6-12(11)13/h4-7,9H,8H2,1-3H3,(H,17,19). The number of amides is 1. The molecular formula is C15H17N3O. The van der Waals surface area contributed by atoms with Crippen molar-refractivity contribution in [3.05, 3.63) is 36.0 Å². The summed E-state index contributed by atoms with van der Waals surface area (Å²) in [6.07, 6.45) is 2.00. The smallest absolute Gasteiger partial charge is 0.240 e. The fourth-order valence-electron chi connectivity index (χ4n) is 2.01. The number of para-hydroxylation sites is 1. The minimum Gasteiger partial charge on any atom is -0.351 e. The van der Waals surface area contributed by atoms with Gasteiger partial charge in [-0.15, -0.1) is 0 Å². The Balaban J connectivity index is 2.20. The second-order valence-electron chi connectivity index (χ2n) is 5.20. The zero-order chi connectivity index (χ0) is 14.0. The van der Waals surface area contributed by atoms with Gasteiger partial charge in [0.2, 0.25) is 5.91 Å². The molecule has 0 unspecified atom stereocenters. The summed E-state index contributed by atoms with van der Waals surface area (Å²) < 4.78 is 2.03. The molecule has 0 saturated heterocycles. The maximum absolute atomic E-state index is 11.9. The molecule has 0 bridgehead atoms. The Bertz CT molecular complexity index is 662. The highest BCUT2D eigenvalue weighted by Crippen LogP contribution is 2.20. The molecule has 98 valence electrons. The van der Waals surface area contributed by atoms with Gasteiger partial charge >= 0.3 is 0 Å². The highest BCUT2D eigenvalue weighted by molar-refractivity contribution is 5.86. The predicted octanol–water partition coefficient (Wildman–Crippen LogP) is 2.34. The summed E-state index contributed by atoms with van der Waals surface area (Å²) in [6, 6.07) is 10.0. The number of nitrogens with zero attached hydrogens (tertiary/aromatic N) is 2. The molecule has 19 heavy (non-hydrogen) atoms. The number of hydrogen-bond acceptors (Lipinski definition) is 2. The van der Waals surface area contributed by atoms with E-state index in [-0.39, 0.29) is 5.91 Å². The van der Waals surface area contributed by atoms with Crippen LogP contribution in [-0.2, 0) is 18.4 Å². The highest BCUT2D eigenvalue weighted by Gasteiger charge is 2.26. The summed E-state index contributed by atoms with van der Waals surface area (Å²) in [4.78, 5) is 11.9. The van der Waals surface area contributed by atoms with Gasteiger partial charge in [-0.2, -0.15) is 5.26 Å². The third kappa shape index (κ3) is 2.45. The topological polar surface area (TPSA) is 57.8 Å². The molecule has 0 fully saturated rings. The van der Waals surface area contributed by atoms with Crippen molar-refractivity contribution in [3.63, 3.8) is 0 Å². The second kappa shape index (κ2) is 4.77. The first-order valence-electron chi connectivity index (χ1n) is 6.18. The summed E-state index contributed by atoms with van der Waals surface area (Å²) in [6.45, 7) is 3.67. The lowest BCUT2D eigenvalue weighted by Crippen LogP contribution is -2.35. The number of nitriles is 1. The SMILES string of the molecule is Cn1cc(CNC(=O)C(C)(C)C#N)c2ccccc21. The molecule has 1 aromatic carbocycles. The van der Waals surface area contributed by atoms with Gasteiger partial charge < -0.3 is 9.88 Å². The van der Waals surface area contributed by atoms with Gasteiger partial charge in [-0.05, 0) is 25.5 Å². The lowest BCUT2D eigenvalue weighted by molar-refractivity contribution is -0.126. The summed E-state index contributed by atoms with van der Waals surface area (Å²) in [5, 5.41) is 12.9. The van der Waals surface area contributed by atoms with Crippen molar-refractivity contribution >= 4 is 16.8 Å². The van der Waals surface area contributed by atoms with E-state index in [1.807, 2.05) is 48.1 Å². The average Bonchev–Trinajstić information content (AvgIpc) is 2.73. The number of fused-ring (bicyclic) bond motifs is 1. The summed E-state index contributed by atoms with van der Waals surface area (Å²) in [7, 11) is 1.98. The Morgan fingerprint density at radius 3 is 2.79 bits per heavy atom. The number of nitrogens with one attached hydrogen (secondary N) is 1. The Labute approximate surface area is 112 Å². The maximum Gasteiger partial charge on any atom is 0.240 e. The molecule has 1 amide bonds. The Hall–Kier alpha value is -2.28. The molecule has 2 aromatic rings. The Kier molecular flexibility index (Phi) is 3.30. The summed E-state index contributed by atoms with van der Waals surface area (Å²) >= 11 is 0. The molecule has 0 atom stereocenters. The lowest BCUT2D eigenvalue weighted by Gasteiger charge is -2.14. The minimum atomic E-state index is -0.995. The number of carbonyl (C=O) groups excluding carboxylic acids is 1. The summed E-state index contributed by atoms with van der Waals surface area (Å²) in [5.41, 5.74) is 1.19. The van der Waals surface area contributed by atoms with E-state index < -0.39 is 5.41 Å². The van der Waals surface area contributed by atoms with Crippen LogP contribution in [-0.4, -0.2) is 10.5 Å². The highest BCUT2D eigenvalue weighted by atomic mass is 16.2. The number of aromatic nitrogens is 1. The van der Waals surface area contributed by atoms with Gasteiger partial charge in [0, 0.05) is 30.7 Å². The molecule has 0 spiro atoms. The van der Waals surface area contributed by atoms with Crippen LogP contribution >= 0.6 is 0 Å². The monoisotopic (exact) mass is 255 g/mol. The molecule has 0 saturated carbocycles. The third-order valence-electron chi connectivity index (χ3n) is 3.27. The molecule has 4 nitrogen and oxygen atoms in total. The Morgan fingerprint density at radius 2 is 2.11 bits per heavy atom. The molecule has 1 heterocycles. The molecule has 2 rings (SSSR count). The first-order chi connectivity index (χ1) is 8.95. The van der Waals surface area contributed by atoms with E-state index >= 15 is 0 Å². The molecular weight excluding hydrogens is 238 g/mol. The van der Waals surface area contributed by atoms with Gasteiger partial charge in [-0.25, -0.2) is 0 Å². The molecule has 1 aromatic heterocycles. The van der Waals surface area contributed by atoms with Gasteiger partial charge in [-0.3, -0.25) is 4.79 Å². The fraction of sp³-hybridized carbons (Fsp3) is 0.333. The van der Waals surface area contributed by atoms with Gasteiger partial charge in [0.25, 0.3) is 0 Å². The van der Waals surface area contributed by atoms with Crippen molar-refractivity contribution < 1.29 is 4.79 Å². The number of hydrogen-bond donors (Lipinski definition) is 1. The first-order valence-corrected chi connectivity index (χ1v) is 6.18. The average molecular weight is 255 g/mol. The largest absolute Gasteiger partial charge is 0.351 e. The van der Waals surface area contributed by atoms with Crippen molar-refractivity contribution in [2.45, 2.75) is 20.4 Å². The van der Waals surface area contributed by atoms with Crippen LogP contribution in [0.25, 0.3) is 10.9 Å². The van der Waals surface area contributed by atoms with Crippen molar-refractivity contribution in [2.75, 3.05) is 0 Å². The van der Waals surface area contributed by atoms with Crippen LogP contribution < -0.4 is 5.32 Å². The normalized spacial score (nSPS) is 11.3. The van der Waals surface area contributed by atoms with Gasteiger partial charge in [-0.1, -0.05) is 18.2 Å². The third-order valence-corrected chi connectivity index (χ3v) is 3.27. The zero-order valence-electron chi connectivity index (χ0n) is 11.4. The van der Waals surface area contributed by atoms with Gasteiger partial charge in [0.15, 0.2) is 0 Å². The van der Waals surface area contributed by atoms with Crippen LogP contribution in [0.5, 0.6) is 0 Å². The molecule has 1 N–H and O–H groups in total. The number of carbonyl (C=O) groups is 1. The maximum atomic E-state index is 11.9. The van der Waals surface area contributed by atoms with E-state index in [0.717, 1.165) is 16.5 Å². The van der Waals surface area contributed by atoms with Crippen LogP contribution in [0.15, 0.2) is 30.5 Å². The summed E-state index contributed by atoms with van der Waals surface area (Å²) in [5.74, 6) is -0.247. The van der Waals surface area contributed by atoms with Crippen molar-refractivity contribution in [2.24, 2.45) is 12.5 Å². The van der Waals surface area contributed by atoms with Crippen LogP contribution in [0, 0.1) is 16.7 Å². The van der Waals surface area contributed by atoms with E-state index in [1.165, 1.54) is 0 Å². The first kappa shape index (κ1) is 13.2. The zero-order valence-corrected chi connectivity index (χ0v) is 11.4. The van der Waals surface area contributed by atoms with Crippen molar-refractivity contribution in [3.8, 4) is 6.07 Å². The van der Waals surface area contributed by atoms with Crippen LogP contribution in [0.4, 0.5) is 0 Å². The van der Waals surface area contributed by atoms with Crippen LogP contribution in [0.1, 0.15) is 19.4 Å². The van der Waals surface area contributed by atoms with E-state index in [0.29, 0.717) is 6.54 Å². The van der Waals surface area contributed by atoms with E-state index in [4.69, 9.17) is 5.26 Å². The van der Waals surface area contributed by atoms with Crippen molar-refractivity contribution in [1.29, 1.82) is 5.26 Å². The quantitative estimate of drug-likeness (QED) is 0.915. The van der Waals surface area contributed by atoms with E-state index in [1.54, 1.807) is 13.8 Å². The second-order valence-corrected chi connectivity index (χ2v) is 5.20. The minimum absolute atomic E-state index is 0.247. The fourth-order valence-corrected chi connectivity index (χ4v) is 2.01. The molecule has 0 aliphatic carbocycles. The van der Waals surface area contributed by atoms with Crippen LogP contribution in [0.3, 0.4) is 0 Å². The van der Waals surface area contributed by atoms with E-state index in [9.17, 15) is 4.79 Å². The van der Waals surface area contributed by atoms with Gasteiger partial charge in [0.1, 0.15) is 5.41 Å². The molecule has 0 radical (unpaired) electrons. The number of rotatable bonds is 3. The van der Waals surface area contributed by atoms with Crippen LogP contribution in [0.2, 0.25) is 0 Å². The molecule has 0 aliphatic heterocycles. The number of aryl methyl sites for hydroxylation is 1.